The highest BCUT2D eigenvalue weighted by atomic mass is 16.3. The van der Waals surface area contributed by atoms with Gasteiger partial charge in [-0.1, -0.05) is 12.1 Å². The van der Waals surface area contributed by atoms with Crippen LogP contribution in [0.15, 0.2) is 30.0 Å². The summed E-state index contributed by atoms with van der Waals surface area (Å²) in [6.45, 7) is 1.33. The zero-order valence-corrected chi connectivity index (χ0v) is 9.65. The van der Waals surface area contributed by atoms with Crippen molar-refractivity contribution in [1.82, 2.24) is 10.6 Å². The van der Waals surface area contributed by atoms with E-state index in [1.165, 1.54) is 32.2 Å². The van der Waals surface area contributed by atoms with E-state index in [1.54, 1.807) is 12.1 Å². The Bertz CT molecular complexity index is 449. The van der Waals surface area contributed by atoms with Crippen LogP contribution < -0.4 is 10.6 Å². The minimum atomic E-state index is -0.381. The number of hydrogen-bond acceptors (Lipinski definition) is 3. The number of aromatic hydroxyl groups is 1. The Morgan fingerprint density at radius 3 is 2.29 bits per heavy atom. The van der Waals surface area contributed by atoms with Crippen LogP contribution in [0.3, 0.4) is 0 Å². The average Bonchev–Trinajstić information content (AvgIpc) is 2.29. The summed E-state index contributed by atoms with van der Waals surface area (Å²) >= 11 is 0. The molecule has 0 radical (unpaired) electrons. The number of phenolic OH excluding ortho intramolecular Hbond substituents is 1. The first-order valence-corrected chi connectivity index (χ1v) is 5.03. The van der Waals surface area contributed by atoms with Gasteiger partial charge in [0.2, 0.25) is 5.91 Å². The third-order valence-electron chi connectivity index (χ3n) is 1.99. The van der Waals surface area contributed by atoms with Gasteiger partial charge in [-0.15, -0.1) is 0 Å². The molecule has 5 heteroatoms. The van der Waals surface area contributed by atoms with E-state index in [9.17, 15) is 9.59 Å². The molecule has 0 heterocycles. The van der Waals surface area contributed by atoms with E-state index < -0.39 is 0 Å². The highest BCUT2D eigenvalue weighted by Crippen LogP contribution is 2.12. The van der Waals surface area contributed by atoms with Gasteiger partial charge < -0.3 is 15.7 Å². The molecule has 0 atom stereocenters. The van der Waals surface area contributed by atoms with Crippen LogP contribution in [-0.2, 0) is 9.59 Å². The zero-order chi connectivity index (χ0) is 12.8. The van der Waals surface area contributed by atoms with Crippen molar-refractivity contribution < 1.29 is 14.7 Å². The van der Waals surface area contributed by atoms with E-state index in [0.717, 1.165) is 0 Å². The SMILES string of the molecule is CNC(=O)C(=Cc1ccc(O)cc1)NC(C)=O. The fourth-order valence-electron chi connectivity index (χ4n) is 1.22. The molecule has 90 valence electrons. The second-order valence-electron chi connectivity index (χ2n) is 3.41. The number of nitrogens with one attached hydrogen (secondary N) is 2. The lowest BCUT2D eigenvalue weighted by Crippen LogP contribution is -2.31. The van der Waals surface area contributed by atoms with Crippen LogP contribution in [0.2, 0.25) is 0 Å². The first kappa shape index (κ1) is 12.8. The summed E-state index contributed by atoms with van der Waals surface area (Å²) in [7, 11) is 1.48. The van der Waals surface area contributed by atoms with Crippen LogP contribution in [0.25, 0.3) is 6.08 Å². The van der Waals surface area contributed by atoms with Gasteiger partial charge in [-0.2, -0.15) is 0 Å². The quantitative estimate of drug-likeness (QED) is 0.671. The van der Waals surface area contributed by atoms with Gasteiger partial charge in [-0.3, -0.25) is 9.59 Å². The number of carbonyl (C=O) groups excluding carboxylic acids is 2. The van der Waals surface area contributed by atoms with E-state index in [4.69, 9.17) is 5.11 Å². The number of likely N-dealkylation sites (N-methyl/N-ethyl adjacent to an activating group) is 1. The number of rotatable bonds is 3. The lowest BCUT2D eigenvalue weighted by molar-refractivity contribution is -0.122. The van der Waals surface area contributed by atoms with Crippen LogP contribution in [0.1, 0.15) is 12.5 Å². The Kier molecular flexibility index (Phi) is 4.28. The topological polar surface area (TPSA) is 78.4 Å². The van der Waals surface area contributed by atoms with Gasteiger partial charge in [0.1, 0.15) is 11.4 Å². The molecule has 0 unspecified atom stereocenters. The minimum Gasteiger partial charge on any atom is -0.508 e. The molecule has 3 N–H and O–H groups in total. The normalized spacial score (nSPS) is 10.8. The Balaban J connectivity index is 3.00. The predicted molar refractivity (Wildman–Crippen MR) is 64.0 cm³/mol. The first-order chi connectivity index (χ1) is 8.02. The van der Waals surface area contributed by atoms with Crippen molar-refractivity contribution in [3.63, 3.8) is 0 Å². The summed E-state index contributed by atoms with van der Waals surface area (Å²) in [6, 6.07) is 6.28. The summed E-state index contributed by atoms with van der Waals surface area (Å²) in [5, 5.41) is 14.0. The zero-order valence-electron chi connectivity index (χ0n) is 9.65. The van der Waals surface area contributed by atoms with Gasteiger partial charge in [0, 0.05) is 14.0 Å². The van der Waals surface area contributed by atoms with Gasteiger partial charge in [-0.25, -0.2) is 0 Å². The first-order valence-electron chi connectivity index (χ1n) is 5.03. The molecular formula is C12H14N2O3. The Morgan fingerprint density at radius 1 is 1.24 bits per heavy atom. The molecule has 1 rings (SSSR count). The van der Waals surface area contributed by atoms with Crippen molar-refractivity contribution in [3.05, 3.63) is 35.5 Å². The molecule has 0 aliphatic heterocycles. The van der Waals surface area contributed by atoms with E-state index in [0.29, 0.717) is 5.56 Å². The Hall–Kier alpha value is -2.30. The van der Waals surface area contributed by atoms with Gasteiger partial charge in [0.25, 0.3) is 5.91 Å². The Labute approximate surface area is 99.1 Å². The molecular weight excluding hydrogens is 220 g/mol. The van der Waals surface area contributed by atoms with Crippen LogP contribution >= 0.6 is 0 Å². The molecule has 17 heavy (non-hydrogen) atoms. The highest BCUT2D eigenvalue weighted by Gasteiger charge is 2.08. The van der Waals surface area contributed by atoms with Crippen molar-refractivity contribution in [2.45, 2.75) is 6.92 Å². The summed E-state index contributed by atoms with van der Waals surface area (Å²) in [4.78, 5) is 22.4. The third kappa shape index (κ3) is 3.98. The largest absolute Gasteiger partial charge is 0.508 e. The maximum absolute atomic E-state index is 11.5. The van der Waals surface area contributed by atoms with Crippen LogP contribution in [0.4, 0.5) is 0 Å². The fraction of sp³-hybridized carbons (Fsp3) is 0.167. The summed E-state index contributed by atoms with van der Waals surface area (Å²) in [5.74, 6) is -0.560. The monoisotopic (exact) mass is 234 g/mol. The predicted octanol–water partition coefficient (Wildman–Crippen LogP) is 0.615. The number of hydrogen-bond donors (Lipinski definition) is 3. The van der Waals surface area contributed by atoms with Gasteiger partial charge in [0.15, 0.2) is 0 Å². The van der Waals surface area contributed by atoms with Gasteiger partial charge in [0.05, 0.1) is 0 Å². The summed E-state index contributed by atoms with van der Waals surface area (Å²) < 4.78 is 0. The summed E-state index contributed by atoms with van der Waals surface area (Å²) in [5.41, 5.74) is 0.862. The molecule has 0 aromatic heterocycles. The lowest BCUT2D eigenvalue weighted by atomic mass is 10.2. The molecule has 0 aliphatic rings. The molecule has 0 bridgehead atoms. The molecule has 0 saturated heterocycles. The maximum atomic E-state index is 11.5. The fourth-order valence-corrected chi connectivity index (χ4v) is 1.22. The molecule has 0 saturated carbocycles. The molecule has 0 aliphatic carbocycles. The maximum Gasteiger partial charge on any atom is 0.267 e. The van der Waals surface area contributed by atoms with Gasteiger partial charge >= 0.3 is 0 Å². The number of carbonyl (C=O) groups is 2. The number of phenols is 1. The molecule has 1 aromatic carbocycles. The number of benzene rings is 1. The van der Waals surface area contributed by atoms with E-state index in [-0.39, 0.29) is 23.3 Å². The molecule has 5 nitrogen and oxygen atoms in total. The van der Waals surface area contributed by atoms with Crippen LogP contribution in [-0.4, -0.2) is 24.0 Å². The summed E-state index contributed by atoms with van der Waals surface area (Å²) in [6.07, 6.45) is 1.53. The molecule has 0 fully saturated rings. The van der Waals surface area contributed by atoms with E-state index in [2.05, 4.69) is 10.6 Å². The van der Waals surface area contributed by atoms with Gasteiger partial charge in [-0.05, 0) is 23.8 Å². The third-order valence-corrected chi connectivity index (χ3v) is 1.99. The lowest BCUT2D eigenvalue weighted by Gasteiger charge is -2.06. The van der Waals surface area contributed by atoms with Crippen molar-refractivity contribution in [1.29, 1.82) is 0 Å². The molecule has 2 amide bonds. The molecule has 1 aromatic rings. The average molecular weight is 234 g/mol. The minimum absolute atomic E-state index is 0.142. The smallest absolute Gasteiger partial charge is 0.267 e. The standard InChI is InChI=1S/C12H14N2O3/c1-8(15)14-11(12(17)13-2)7-9-3-5-10(16)6-4-9/h3-7,16H,1-2H3,(H,13,17)(H,14,15). The highest BCUT2D eigenvalue weighted by molar-refractivity contribution is 6.00. The Morgan fingerprint density at radius 2 is 1.82 bits per heavy atom. The second kappa shape index (κ2) is 5.69. The second-order valence-corrected chi connectivity index (χ2v) is 3.41. The van der Waals surface area contributed by atoms with Crippen molar-refractivity contribution in [2.24, 2.45) is 0 Å². The van der Waals surface area contributed by atoms with Crippen molar-refractivity contribution >= 4 is 17.9 Å². The van der Waals surface area contributed by atoms with Crippen LogP contribution in [0.5, 0.6) is 5.75 Å². The van der Waals surface area contributed by atoms with E-state index >= 15 is 0 Å². The van der Waals surface area contributed by atoms with Crippen molar-refractivity contribution in [3.8, 4) is 5.75 Å². The van der Waals surface area contributed by atoms with Crippen molar-refractivity contribution in [2.75, 3.05) is 7.05 Å². The van der Waals surface area contributed by atoms with Crippen LogP contribution in [0, 0.1) is 0 Å². The van der Waals surface area contributed by atoms with E-state index in [1.807, 2.05) is 0 Å². The molecule has 0 spiro atoms. The number of amides is 2.